The average Bonchev–Trinajstić information content (AvgIpc) is 2.40. The molecule has 2 aromatic carbocycles. The molecule has 0 atom stereocenters. The Hall–Kier alpha value is -2.44. The fourth-order valence-corrected chi connectivity index (χ4v) is 2.00. The van der Waals surface area contributed by atoms with Crippen LogP contribution in [0.1, 0.15) is 21.5 Å². The zero-order valence-corrected chi connectivity index (χ0v) is 11.5. The second-order valence-corrected chi connectivity index (χ2v) is 4.78. The van der Waals surface area contributed by atoms with Crippen molar-refractivity contribution >= 4 is 23.2 Å². The lowest BCUT2D eigenvalue weighted by Crippen LogP contribution is -2.12. The van der Waals surface area contributed by atoms with E-state index in [4.69, 9.17) is 18.0 Å². The van der Waals surface area contributed by atoms with Crippen LogP contribution in [0, 0.1) is 19.3 Å². The summed E-state index contributed by atoms with van der Waals surface area (Å²) in [5.41, 5.74) is 2.30. The molecule has 0 unspecified atom stereocenters. The molecule has 4 heteroatoms. The van der Waals surface area contributed by atoms with Crippen LogP contribution in [0.5, 0.6) is 5.75 Å². The number of phenolic OH excluding ortho intramolecular Hbond substituents is 1. The number of amides is 1. The van der Waals surface area contributed by atoms with Crippen molar-refractivity contribution in [1.82, 2.24) is 0 Å². The summed E-state index contributed by atoms with van der Waals surface area (Å²) in [7, 11) is 0. The highest BCUT2D eigenvalue weighted by Crippen LogP contribution is 2.23. The Bertz CT molecular complexity index is 717. The van der Waals surface area contributed by atoms with Gasteiger partial charge in [-0.05, 0) is 48.9 Å². The molecule has 0 aliphatic rings. The first-order valence-corrected chi connectivity index (χ1v) is 6.25. The predicted octanol–water partition coefficient (Wildman–Crippen LogP) is 3.59. The number of aryl methyl sites for hydroxylation is 1. The molecule has 0 saturated carbocycles. The summed E-state index contributed by atoms with van der Waals surface area (Å²) in [4.78, 5) is 12.1. The summed E-state index contributed by atoms with van der Waals surface area (Å²) in [6, 6.07) is 9.61. The van der Waals surface area contributed by atoms with Crippen LogP contribution in [0.25, 0.3) is 0 Å². The summed E-state index contributed by atoms with van der Waals surface area (Å²) in [5.74, 6) is 1.95. The molecule has 2 rings (SSSR count). The number of anilines is 1. The number of terminal acetylenes is 1. The molecule has 0 fully saturated rings. The van der Waals surface area contributed by atoms with E-state index in [0.717, 1.165) is 5.56 Å². The van der Waals surface area contributed by atoms with E-state index in [2.05, 4.69) is 11.2 Å². The first-order valence-electron chi connectivity index (χ1n) is 5.88. The highest BCUT2D eigenvalue weighted by atomic mass is 35.5. The smallest absolute Gasteiger partial charge is 0.259 e. The lowest BCUT2D eigenvalue weighted by Gasteiger charge is -2.08. The monoisotopic (exact) mass is 285 g/mol. The van der Waals surface area contributed by atoms with Crippen LogP contribution >= 0.6 is 11.6 Å². The molecule has 0 radical (unpaired) electrons. The van der Waals surface area contributed by atoms with Crippen molar-refractivity contribution in [3.8, 4) is 18.1 Å². The number of halogens is 1. The molecule has 0 aliphatic heterocycles. The molecule has 0 spiro atoms. The largest absolute Gasteiger partial charge is 0.507 e. The van der Waals surface area contributed by atoms with Gasteiger partial charge in [-0.2, -0.15) is 0 Å². The van der Waals surface area contributed by atoms with Gasteiger partial charge in [0.1, 0.15) is 5.75 Å². The molecule has 0 aromatic heterocycles. The van der Waals surface area contributed by atoms with Crippen molar-refractivity contribution in [3.63, 3.8) is 0 Å². The predicted molar refractivity (Wildman–Crippen MR) is 80.2 cm³/mol. The minimum atomic E-state index is -0.446. The Morgan fingerprint density at radius 3 is 2.75 bits per heavy atom. The summed E-state index contributed by atoms with van der Waals surface area (Å²) in [6.45, 7) is 1.88. The number of benzene rings is 2. The molecule has 2 N–H and O–H groups in total. The van der Waals surface area contributed by atoms with Gasteiger partial charge in [0.2, 0.25) is 0 Å². The quantitative estimate of drug-likeness (QED) is 0.829. The summed E-state index contributed by atoms with van der Waals surface area (Å²) >= 11 is 5.82. The molecule has 100 valence electrons. The zero-order chi connectivity index (χ0) is 14.7. The normalized spacial score (nSPS) is 9.85. The number of carbonyl (C=O) groups is 1. The maximum atomic E-state index is 12.1. The maximum Gasteiger partial charge on any atom is 0.259 e. The molecule has 1 amide bonds. The highest BCUT2D eigenvalue weighted by molar-refractivity contribution is 6.31. The van der Waals surface area contributed by atoms with E-state index in [9.17, 15) is 9.90 Å². The van der Waals surface area contributed by atoms with Crippen LogP contribution in [-0.4, -0.2) is 11.0 Å². The first kappa shape index (κ1) is 14.0. The van der Waals surface area contributed by atoms with E-state index in [0.29, 0.717) is 16.3 Å². The van der Waals surface area contributed by atoms with Crippen LogP contribution in [0.4, 0.5) is 5.69 Å². The molecule has 20 heavy (non-hydrogen) atoms. The van der Waals surface area contributed by atoms with Gasteiger partial charge in [0.15, 0.2) is 0 Å². The van der Waals surface area contributed by atoms with E-state index in [-0.39, 0.29) is 11.3 Å². The second-order valence-electron chi connectivity index (χ2n) is 4.35. The van der Waals surface area contributed by atoms with Gasteiger partial charge in [0.05, 0.1) is 5.56 Å². The Morgan fingerprint density at radius 1 is 1.30 bits per heavy atom. The van der Waals surface area contributed by atoms with E-state index in [1.165, 1.54) is 18.2 Å². The third-order valence-corrected chi connectivity index (χ3v) is 2.94. The van der Waals surface area contributed by atoms with Crippen molar-refractivity contribution in [2.75, 3.05) is 5.32 Å². The van der Waals surface area contributed by atoms with Gasteiger partial charge in [0, 0.05) is 16.3 Å². The number of aromatic hydroxyl groups is 1. The van der Waals surface area contributed by atoms with E-state index < -0.39 is 5.91 Å². The van der Waals surface area contributed by atoms with Gasteiger partial charge < -0.3 is 10.4 Å². The Balaban J connectivity index is 2.30. The Labute approximate surface area is 122 Å². The van der Waals surface area contributed by atoms with Gasteiger partial charge in [-0.3, -0.25) is 4.79 Å². The molecular weight excluding hydrogens is 274 g/mol. The number of hydrogen-bond donors (Lipinski definition) is 2. The topological polar surface area (TPSA) is 49.3 Å². The van der Waals surface area contributed by atoms with Crippen LogP contribution < -0.4 is 5.32 Å². The number of phenols is 1. The number of carbonyl (C=O) groups excluding carboxylic acids is 1. The van der Waals surface area contributed by atoms with E-state index in [1.54, 1.807) is 12.1 Å². The Kier molecular flexibility index (Phi) is 3.97. The molecule has 0 heterocycles. The van der Waals surface area contributed by atoms with Crippen LogP contribution in [-0.2, 0) is 0 Å². The lowest BCUT2D eigenvalue weighted by atomic mass is 10.1. The maximum absolute atomic E-state index is 12.1. The third-order valence-electron chi connectivity index (χ3n) is 2.71. The lowest BCUT2D eigenvalue weighted by molar-refractivity contribution is 0.102. The fraction of sp³-hybridized carbons (Fsp3) is 0.0625. The summed E-state index contributed by atoms with van der Waals surface area (Å²) in [6.07, 6.45) is 5.35. The second kappa shape index (κ2) is 5.68. The zero-order valence-electron chi connectivity index (χ0n) is 10.8. The Morgan fingerprint density at radius 2 is 2.05 bits per heavy atom. The van der Waals surface area contributed by atoms with Crippen LogP contribution in [0.3, 0.4) is 0 Å². The summed E-state index contributed by atoms with van der Waals surface area (Å²) in [5, 5.41) is 12.8. The number of hydrogen-bond acceptors (Lipinski definition) is 2. The fourth-order valence-electron chi connectivity index (χ4n) is 1.83. The van der Waals surface area contributed by atoms with Crippen LogP contribution in [0.2, 0.25) is 5.02 Å². The van der Waals surface area contributed by atoms with E-state index >= 15 is 0 Å². The standard InChI is InChI=1S/C16H12ClNO2/c1-3-11-6-10(2)7-13(8-11)18-16(20)14-9-12(17)4-5-15(14)19/h1,4-9,19H,2H3,(H,18,20). The average molecular weight is 286 g/mol. The van der Waals surface area contributed by atoms with Crippen molar-refractivity contribution in [3.05, 3.63) is 58.1 Å². The minimum absolute atomic E-state index is 0.112. The van der Waals surface area contributed by atoms with Gasteiger partial charge in [-0.1, -0.05) is 17.5 Å². The van der Waals surface area contributed by atoms with Crippen molar-refractivity contribution in [2.45, 2.75) is 6.92 Å². The molecule has 3 nitrogen and oxygen atoms in total. The highest BCUT2D eigenvalue weighted by Gasteiger charge is 2.12. The van der Waals surface area contributed by atoms with E-state index in [1.807, 2.05) is 13.0 Å². The molecule has 0 aliphatic carbocycles. The molecule has 0 saturated heterocycles. The van der Waals surface area contributed by atoms with Crippen molar-refractivity contribution < 1.29 is 9.90 Å². The first-order chi connectivity index (χ1) is 9.49. The van der Waals surface area contributed by atoms with Gasteiger partial charge in [0.25, 0.3) is 5.91 Å². The van der Waals surface area contributed by atoms with Crippen molar-refractivity contribution in [2.24, 2.45) is 0 Å². The molecule has 2 aromatic rings. The van der Waals surface area contributed by atoms with Gasteiger partial charge in [-0.25, -0.2) is 0 Å². The molecular formula is C16H12ClNO2. The van der Waals surface area contributed by atoms with Crippen LogP contribution in [0.15, 0.2) is 36.4 Å². The van der Waals surface area contributed by atoms with Gasteiger partial charge >= 0.3 is 0 Å². The van der Waals surface area contributed by atoms with Gasteiger partial charge in [-0.15, -0.1) is 6.42 Å². The minimum Gasteiger partial charge on any atom is -0.507 e. The number of nitrogens with one attached hydrogen (secondary N) is 1. The molecule has 0 bridgehead atoms. The third kappa shape index (κ3) is 3.11. The summed E-state index contributed by atoms with van der Waals surface area (Å²) < 4.78 is 0. The SMILES string of the molecule is C#Cc1cc(C)cc(NC(=O)c2cc(Cl)ccc2O)c1. The number of rotatable bonds is 2. The van der Waals surface area contributed by atoms with Crippen molar-refractivity contribution in [1.29, 1.82) is 0 Å².